The first-order valence-corrected chi connectivity index (χ1v) is 46.0. The number of aliphatic hydroxyl groups is 1. The van der Waals surface area contributed by atoms with E-state index in [4.69, 9.17) is 37.0 Å². The van der Waals surface area contributed by atoms with E-state index in [1.807, 2.05) is 0 Å². The molecule has 0 aromatic carbocycles. The van der Waals surface area contributed by atoms with Gasteiger partial charge in [0, 0.05) is 25.7 Å². The highest BCUT2D eigenvalue weighted by Gasteiger charge is 2.30. The van der Waals surface area contributed by atoms with E-state index in [0.717, 1.165) is 102 Å². The van der Waals surface area contributed by atoms with E-state index in [1.165, 1.54) is 257 Å². The topological polar surface area (TPSA) is 237 Å². The Labute approximate surface area is 626 Å². The Hall–Kier alpha value is -1.94. The molecular formula is C83H162O17P2. The second-order valence-electron chi connectivity index (χ2n) is 30.8. The van der Waals surface area contributed by atoms with Crippen LogP contribution in [0.3, 0.4) is 0 Å². The highest BCUT2D eigenvalue weighted by molar-refractivity contribution is 7.47. The maximum absolute atomic E-state index is 13.1. The van der Waals surface area contributed by atoms with Gasteiger partial charge in [-0.3, -0.25) is 37.3 Å². The van der Waals surface area contributed by atoms with Crippen molar-refractivity contribution in [2.75, 3.05) is 39.6 Å². The molecule has 0 aromatic heterocycles. The number of esters is 4. The molecule has 0 aromatic rings. The van der Waals surface area contributed by atoms with Crippen LogP contribution in [-0.2, 0) is 65.4 Å². The van der Waals surface area contributed by atoms with Crippen molar-refractivity contribution in [1.82, 2.24) is 0 Å². The molecule has 0 heterocycles. The number of hydrogen-bond acceptors (Lipinski definition) is 15. The van der Waals surface area contributed by atoms with E-state index >= 15 is 0 Å². The third kappa shape index (κ3) is 76.3. The third-order valence-electron chi connectivity index (χ3n) is 19.5. The molecule has 0 radical (unpaired) electrons. The van der Waals surface area contributed by atoms with Gasteiger partial charge >= 0.3 is 39.5 Å². The second-order valence-corrected chi connectivity index (χ2v) is 33.7. The van der Waals surface area contributed by atoms with Gasteiger partial charge < -0.3 is 33.8 Å². The lowest BCUT2D eigenvalue weighted by atomic mass is 10.0. The minimum Gasteiger partial charge on any atom is -0.462 e. The number of unbranched alkanes of at least 4 members (excludes halogenated alkanes) is 52. The van der Waals surface area contributed by atoms with Gasteiger partial charge in [0.05, 0.1) is 26.4 Å². The van der Waals surface area contributed by atoms with Gasteiger partial charge in [0.2, 0.25) is 0 Å². The van der Waals surface area contributed by atoms with Crippen LogP contribution in [0.25, 0.3) is 0 Å². The summed E-state index contributed by atoms with van der Waals surface area (Å²) in [5, 5.41) is 10.7. The van der Waals surface area contributed by atoms with Crippen LogP contribution in [0.4, 0.5) is 0 Å². The third-order valence-corrected chi connectivity index (χ3v) is 21.4. The predicted molar refractivity (Wildman–Crippen MR) is 418 cm³/mol. The van der Waals surface area contributed by atoms with Crippen LogP contribution in [0, 0.1) is 11.8 Å². The number of phosphoric ester groups is 2. The zero-order valence-corrected chi connectivity index (χ0v) is 68.7. The standard InChI is InChI=1S/C83H162O17P2/c1-7-9-11-13-15-17-19-20-21-22-23-26-31-36-42-48-54-60-66-81(86)94-72-79(100-82(87)67-61-55-49-43-37-32-27-24-25-29-34-39-45-51-57-63-75(3)4)74-98-102(91,92)96-70-77(84)69-95-101(89,90)97-73-78(71-93-80(85)65-59-53-47-41-18-16-14-12-10-8-2)99-83(88)68-62-56-50-44-38-33-28-30-35-40-46-52-58-64-76(5)6/h75-79,84H,7-74H2,1-6H3,(H,89,90)(H,91,92)/t77-,78+,79+/m0/s1. The summed E-state index contributed by atoms with van der Waals surface area (Å²) in [6, 6.07) is 0. The lowest BCUT2D eigenvalue weighted by molar-refractivity contribution is -0.161. The molecule has 0 aliphatic carbocycles. The van der Waals surface area contributed by atoms with E-state index in [1.54, 1.807) is 0 Å². The van der Waals surface area contributed by atoms with Crippen LogP contribution in [0.1, 0.15) is 440 Å². The molecule has 5 atom stereocenters. The van der Waals surface area contributed by atoms with Gasteiger partial charge in [-0.2, -0.15) is 0 Å². The van der Waals surface area contributed by atoms with Crippen molar-refractivity contribution in [1.29, 1.82) is 0 Å². The molecule has 3 N–H and O–H groups in total. The fourth-order valence-corrected chi connectivity index (χ4v) is 14.5. The molecule has 0 saturated carbocycles. The maximum atomic E-state index is 13.1. The summed E-state index contributed by atoms with van der Waals surface area (Å²) < 4.78 is 68.8. The van der Waals surface area contributed by atoms with Gasteiger partial charge in [-0.15, -0.1) is 0 Å². The van der Waals surface area contributed by atoms with Crippen molar-refractivity contribution >= 4 is 39.5 Å². The van der Waals surface area contributed by atoms with Crippen molar-refractivity contribution in [2.45, 2.75) is 458 Å². The van der Waals surface area contributed by atoms with E-state index in [0.29, 0.717) is 25.7 Å². The van der Waals surface area contributed by atoms with Crippen LogP contribution < -0.4 is 0 Å². The number of carbonyl (C=O) groups is 4. The quantitative estimate of drug-likeness (QED) is 0.0222. The molecule has 102 heavy (non-hydrogen) atoms. The van der Waals surface area contributed by atoms with Gasteiger partial charge in [0.15, 0.2) is 12.2 Å². The summed E-state index contributed by atoms with van der Waals surface area (Å²) >= 11 is 0. The number of rotatable bonds is 82. The monoisotopic (exact) mass is 1490 g/mol. The first kappa shape index (κ1) is 100. The van der Waals surface area contributed by atoms with E-state index in [-0.39, 0.29) is 25.7 Å². The van der Waals surface area contributed by atoms with Crippen LogP contribution in [0.5, 0.6) is 0 Å². The zero-order valence-electron chi connectivity index (χ0n) is 66.9. The Kier molecular flexibility index (Phi) is 73.1. The fourth-order valence-electron chi connectivity index (χ4n) is 12.9. The van der Waals surface area contributed by atoms with Crippen LogP contribution in [-0.4, -0.2) is 96.7 Å². The van der Waals surface area contributed by atoms with Gasteiger partial charge in [-0.05, 0) is 37.5 Å². The zero-order chi connectivity index (χ0) is 74.9. The number of hydrogen-bond donors (Lipinski definition) is 3. The number of carbonyl (C=O) groups excluding carboxylic acids is 4. The van der Waals surface area contributed by atoms with Gasteiger partial charge in [-0.25, -0.2) is 9.13 Å². The Morgan fingerprint density at radius 3 is 0.667 bits per heavy atom. The number of aliphatic hydroxyl groups excluding tert-OH is 1. The Balaban J connectivity index is 5.24. The van der Waals surface area contributed by atoms with Gasteiger partial charge in [0.1, 0.15) is 19.3 Å². The number of ether oxygens (including phenoxy) is 4. The van der Waals surface area contributed by atoms with E-state index < -0.39 is 97.5 Å². The predicted octanol–water partition coefficient (Wildman–Crippen LogP) is 25.1. The minimum atomic E-state index is -4.96. The molecule has 0 amide bonds. The lowest BCUT2D eigenvalue weighted by Crippen LogP contribution is -2.30. The van der Waals surface area contributed by atoms with Crippen molar-refractivity contribution < 1.29 is 80.2 Å². The summed E-state index contributed by atoms with van der Waals surface area (Å²) in [6.07, 6.45) is 65.1. The van der Waals surface area contributed by atoms with Crippen LogP contribution in [0.15, 0.2) is 0 Å². The Morgan fingerprint density at radius 2 is 0.451 bits per heavy atom. The maximum Gasteiger partial charge on any atom is 0.472 e. The van der Waals surface area contributed by atoms with Crippen molar-refractivity contribution in [3.05, 3.63) is 0 Å². The summed E-state index contributed by atoms with van der Waals surface area (Å²) in [6.45, 7) is 9.69. The Bertz CT molecular complexity index is 1960. The molecule has 0 fully saturated rings. The molecule has 0 spiro atoms. The molecule has 606 valence electrons. The first-order chi connectivity index (χ1) is 49.4. The smallest absolute Gasteiger partial charge is 0.462 e. The molecule has 0 aliphatic rings. The summed E-state index contributed by atoms with van der Waals surface area (Å²) in [5.74, 6) is -0.516. The van der Waals surface area contributed by atoms with Crippen LogP contribution >= 0.6 is 15.6 Å². The minimum absolute atomic E-state index is 0.108. The average Bonchev–Trinajstić information content (AvgIpc) is 0.995. The molecular weight excluding hydrogens is 1330 g/mol. The fraction of sp³-hybridized carbons (Fsp3) is 0.952. The molecule has 0 bridgehead atoms. The first-order valence-electron chi connectivity index (χ1n) is 43.0. The van der Waals surface area contributed by atoms with Crippen LogP contribution in [0.2, 0.25) is 0 Å². The molecule has 0 rings (SSSR count). The van der Waals surface area contributed by atoms with Gasteiger partial charge in [-0.1, -0.05) is 388 Å². The highest BCUT2D eigenvalue weighted by Crippen LogP contribution is 2.45. The average molecular weight is 1490 g/mol. The SMILES string of the molecule is CCCCCCCCCCCCCCCCCCCCC(=O)OC[C@H](COP(=O)(O)OC[C@@H](O)COP(=O)(O)OC[C@@H](COC(=O)CCCCCCCCCCCC)OC(=O)CCCCCCCCCCCCCCCC(C)C)OC(=O)CCCCCCCCCCCCCCCCCC(C)C. The van der Waals surface area contributed by atoms with Crippen molar-refractivity contribution in [3.8, 4) is 0 Å². The lowest BCUT2D eigenvalue weighted by Gasteiger charge is -2.21. The van der Waals surface area contributed by atoms with E-state index in [9.17, 15) is 43.2 Å². The molecule has 0 saturated heterocycles. The molecule has 0 aliphatic heterocycles. The number of phosphoric acid groups is 2. The summed E-state index contributed by atoms with van der Waals surface area (Å²) in [5.41, 5.74) is 0. The Morgan fingerprint density at radius 1 is 0.265 bits per heavy atom. The highest BCUT2D eigenvalue weighted by atomic mass is 31.2. The van der Waals surface area contributed by atoms with Gasteiger partial charge in [0.25, 0.3) is 0 Å². The summed E-state index contributed by atoms with van der Waals surface area (Å²) in [7, 11) is -9.92. The van der Waals surface area contributed by atoms with Crippen molar-refractivity contribution in [3.63, 3.8) is 0 Å². The summed E-state index contributed by atoms with van der Waals surface area (Å²) in [4.78, 5) is 73.1. The second kappa shape index (κ2) is 74.5. The molecule has 17 nitrogen and oxygen atoms in total. The molecule has 19 heteroatoms. The largest absolute Gasteiger partial charge is 0.472 e. The van der Waals surface area contributed by atoms with E-state index in [2.05, 4.69) is 41.5 Å². The molecule has 2 unspecified atom stereocenters. The normalized spacial score (nSPS) is 13.9. The van der Waals surface area contributed by atoms with Crippen molar-refractivity contribution in [2.24, 2.45) is 11.8 Å².